The number of aryl methyl sites for hydroxylation is 1. The first-order chi connectivity index (χ1) is 9.98. The maximum atomic E-state index is 12.6. The van der Waals surface area contributed by atoms with E-state index in [1.54, 1.807) is 13.0 Å². The molecule has 110 valence electrons. The van der Waals surface area contributed by atoms with Crippen molar-refractivity contribution in [1.29, 1.82) is 5.26 Å². The molecule has 0 aromatic heterocycles. The fraction of sp³-hybridized carbons (Fsp3) is 0.429. The second kappa shape index (κ2) is 6.19. The number of nitriles is 1. The van der Waals surface area contributed by atoms with Gasteiger partial charge < -0.3 is 0 Å². The van der Waals surface area contributed by atoms with Crippen LogP contribution in [-0.4, -0.2) is 37.9 Å². The van der Waals surface area contributed by atoms with Gasteiger partial charge in [-0.1, -0.05) is 0 Å². The molecular formula is C14H15N3O3S. The van der Waals surface area contributed by atoms with Crippen molar-refractivity contribution in [3.63, 3.8) is 0 Å². The molecule has 2 rings (SSSR count). The molecule has 0 N–H and O–H groups in total. The molecule has 0 spiro atoms. The zero-order valence-corrected chi connectivity index (χ0v) is 12.4. The van der Waals surface area contributed by atoms with Crippen molar-refractivity contribution >= 4 is 16.1 Å². The van der Waals surface area contributed by atoms with Gasteiger partial charge in [0.15, 0.2) is 0 Å². The minimum absolute atomic E-state index is 0.143. The van der Waals surface area contributed by atoms with Crippen molar-refractivity contribution in [2.75, 3.05) is 13.1 Å². The lowest BCUT2D eigenvalue weighted by molar-refractivity contribution is 0.320. The Hall–Kier alpha value is -2.00. The lowest BCUT2D eigenvalue weighted by Crippen LogP contribution is -2.39. The van der Waals surface area contributed by atoms with E-state index < -0.39 is 10.0 Å². The Kier molecular flexibility index (Phi) is 4.53. The van der Waals surface area contributed by atoms with Crippen molar-refractivity contribution in [2.24, 2.45) is 4.99 Å². The van der Waals surface area contributed by atoms with Crippen LogP contribution in [0.1, 0.15) is 24.0 Å². The van der Waals surface area contributed by atoms with Crippen molar-refractivity contribution in [3.05, 3.63) is 29.3 Å². The number of sulfonamides is 1. The summed E-state index contributed by atoms with van der Waals surface area (Å²) in [4.78, 5) is 14.1. The molecule has 7 heteroatoms. The van der Waals surface area contributed by atoms with E-state index in [9.17, 15) is 13.2 Å². The summed E-state index contributed by atoms with van der Waals surface area (Å²) in [5, 5.41) is 8.83. The highest BCUT2D eigenvalue weighted by Gasteiger charge is 2.30. The zero-order chi connectivity index (χ0) is 15.5. The van der Waals surface area contributed by atoms with E-state index in [-0.39, 0.29) is 10.9 Å². The smallest absolute Gasteiger partial charge is 0.211 e. The summed E-state index contributed by atoms with van der Waals surface area (Å²) in [6.07, 6.45) is 2.56. The Morgan fingerprint density at radius 2 is 2.00 bits per heavy atom. The monoisotopic (exact) mass is 305 g/mol. The van der Waals surface area contributed by atoms with Crippen molar-refractivity contribution < 1.29 is 13.2 Å². The molecule has 1 aliphatic rings. The van der Waals surface area contributed by atoms with Gasteiger partial charge in [0.2, 0.25) is 16.1 Å². The molecule has 21 heavy (non-hydrogen) atoms. The molecule has 0 bridgehead atoms. The Labute approximate surface area is 123 Å². The van der Waals surface area contributed by atoms with Crippen LogP contribution in [0.4, 0.5) is 0 Å². The molecule has 1 aromatic carbocycles. The molecule has 1 aromatic rings. The maximum Gasteiger partial charge on any atom is 0.243 e. The predicted octanol–water partition coefficient (Wildman–Crippen LogP) is 1.36. The third-order valence-electron chi connectivity index (χ3n) is 3.58. The Morgan fingerprint density at radius 1 is 1.33 bits per heavy atom. The molecule has 1 saturated heterocycles. The van der Waals surface area contributed by atoms with Gasteiger partial charge in [0.1, 0.15) is 0 Å². The molecule has 0 atom stereocenters. The van der Waals surface area contributed by atoms with Crippen LogP contribution in [-0.2, 0) is 14.8 Å². The van der Waals surface area contributed by atoms with E-state index >= 15 is 0 Å². The van der Waals surface area contributed by atoms with Gasteiger partial charge in [0, 0.05) is 13.1 Å². The Bertz CT molecular complexity index is 722. The largest absolute Gasteiger partial charge is 0.243 e. The minimum Gasteiger partial charge on any atom is -0.211 e. The van der Waals surface area contributed by atoms with E-state index in [0.29, 0.717) is 37.1 Å². The van der Waals surface area contributed by atoms with Gasteiger partial charge in [-0.2, -0.15) is 9.57 Å². The molecule has 1 heterocycles. The second-order valence-corrected chi connectivity index (χ2v) is 6.85. The molecule has 0 unspecified atom stereocenters. The summed E-state index contributed by atoms with van der Waals surface area (Å²) in [5.74, 6) is 0. The van der Waals surface area contributed by atoms with Crippen LogP contribution in [0.5, 0.6) is 0 Å². The van der Waals surface area contributed by atoms with Gasteiger partial charge >= 0.3 is 0 Å². The first kappa shape index (κ1) is 15.4. The first-order valence-electron chi connectivity index (χ1n) is 6.57. The number of hydrogen-bond acceptors (Lipinski definition) is 5. The summed E-state index contributed by atoms with van der Waals surface area (Å²) >= 11 is 0. The molecule has 1 fully saturated rings. The maximum absolute atomic E-state index is 12.6. The standard InChI is InChI=1S/C14H15N3O3S/c1-11-8-12(9-15)2-3-14(11)21(19,20)17-6-4-13(5-7-17)16-10-18/h2-3,8,13H,4-7H2,1H3. The molecule has 6 nitrogen and oxygen atoms in total. The second-order valence-electron chi connectivity index (χ2n) is 4.95. The number of nitrogens with zero attached hydrogens (tertiary/aromatic N) is 3. The molecule has 0 saturated carbocycles. The van der Waals surface area contributed by atoms with E-state index in [1.165, 1.54) is 22.5 Å². The highest BCUT2D eigenvalue weighted by molar-refractivity contribution is 7.89. The minimum atomic E-state index is -3.57. The summed E-state index contributed by atoms with van der Waals surface area (Å²) in [6.45, 7) is 2.34. The van der Waals surface area contributed by atoms with Crippen LogP contribution >= 0.6 is 0 Å². The normalized spacial score (nSPS) is 17.0. The molecule has 1 aliphatic heterocycles. The number of aliphatic imine (C=N–C) groups is 1. The van der Waals surface area contributed by atoms with E-state index in [0.717, 1.165) is 0 Å². The third-order valence-corrected chi connectivity index (χ3v) is 5.64. The highest BCUT2D eigenvalue weighted by Crippen LogP contribution is 2.24. The molecule has 0 radical (unpaired) electrons. The van der Waals surface area contributed by atoms with Gasteiger partial charge in [0.25, 0.3) is 0 Å². The predicted molar refractivity (Wildman–Crippen MR) is 75.8 cm³/mol. The molecule has 0 aliphatic carbocycles. The zero-order valence-electron chi connectivity index (χ0n) is 11.6. The average molecular weight is 305 g/mol. The lowest BCUT2D eigenvalue weighted by Gasteiger charge is -2.29. The number of rotatable bonds is 3. The van der Waals surface area contributed by atoms with E-state index in [4.69, 9.17) is 5.26 Å². The first-order valence-corrected chi connectivity index (χ1v) is 8.01. The number of benzene rings is 1. The number of carbonyl (C=O) groups excluding carboxylic acids is 1. The van der Waals surface area contributed by atoms with Gasteiger partial charge in [-0.3, -0.25) is 0 Å². The fourth-order valence-electron chi connectivity index (χ4n) is 2.43. The van der Waals surface area contributed by atoms with E-state index in [2.05, 4.69) is 4.99 Å². The quantitative estimate of drug-likeness (QED) is 0.622. The summed E-state index contributed by atoms with van der Waals surface area (Å²) in [6, 6.07) is 6.39. The number of piperidine rings is 1. The van der Waals surface area contributed by atoms with Crippen molar-refractivity contribution in [3.8, 4) is 6.07 Å². The van der Waals surface area contributed by atoms with E-state index in [1.807, 2.05) is 6.07 Å². The van der Waals surface area contributed by atoms with Crippen molar-refractivity contribution in [2.45, 2.75) is 30.7 Å². The summed E-state index contributed by atoms with van der Waals surface area (Å²) in [7, 11) is -3.57. The molecule has 0 amide bonds. The van der Waals surface area contributed by atoms with Crippen LogP contribution in [0.15, 0.2) is 28.1 Å². The van der Waals surface area contributed by atoms with Gasteiger partial charge in [-0.15, -0.1) is 0 Å². The average Bonchev–Trinajstić information content (AvgIpc) is 2.47. The van der Waals surface area contributed by atoms with Gasteiger partial charge in [-0.25, -0.2) is 18.2 Å². The summed E-state index contributed by atoms with van der Waals surface area (Å²) in [5.41, 5.74) is 0.993. The Morgan fingerprint density at radius 3 is 2.52 bits per heavy atom. The Balaban J connectivity index is 2.24. The third kappa shape index (κ3) is 3.19. The number of hydrogen-bond donors (Lipinski definition) is 0. The fourth-order valence-corrected chi connectivity index (χ4v) is 4.11. The SMILES string of the molecule is Cc1cc(C#N)ccc1S(=O)(=O)N1CCC(N=C=O)CC1. The van der Waals surface area contributed by atoms with Crippen LogP contribution in [0, 0.1) is 18.3 Å². The van der Waals surface area contributed by atoms with Gasteiger partial charge in [-0.05, 0) is 43.5 Å². The lowest BCUT2D eigenvalue weighted by atomic mass is 10.1. The van der Waals surface area contributed by atoms with Crippen LogP contribution in [0.3, 0.4) is 0 Å². The summed E-state index contributed by atoms with van der Waals surface area (Å²) < 4.78 is 26.6. The molecular weight excluding hydrogens is 290 g/mol. The highest BCUT2D eigenvalue weighted by atomic mass is 32.2. The van der Waals surface area contributed by atoms with Crippen molar-refractivity contribution in [1.82, 2.24) is 4.31 Å². The van der Waals surface area contributed by atoms with Gasteiger partial charge in [0.05, 0.1) is 22.6 Å². The van der Waals surface area contributed by atoms with Crippen LogP contribution < -0.4 is 0 Å². The van der Waals surface area contributed by atoms with Crippen LogP contribution in [0.25, 0.3) is 0 Å². The van der Waals surface area contributed by atoms with Crippen LogP contribution in [0.2, 0.25) is 0 Å². The topological polar surface area (TPSA) is 90.6 Å². The number of isocyanates is 1.